The molecule has 0 bridgehead atoms. The lowest BCUT2D eigenvalue weighted by molar-refractivity contribution is 0.824. The topological polar surface area (TPSA) is 43.6 Å². The van der Waals surface area contributed by atoms with E-state index in [0.717, 1.165) is 21.7 Å². The average molecular weight is 253 g/mol. The van der Waals surface area contributed by atoms with E-state index in [0.29, 0.717) is 0 Å². The SMILES string of the molecule is Cc1ncc(-n2cc(Br)cn2)nc1C. The molecule has 2 aromatic heterocycles. The lowest BCUT2D eigenvalue weighted by Gasteiger charge is -2.02. The highest BCUT2D eigenvalue weighted by molar-refractivity contribution is 9.10. The lowest BCUT2D eigenvalue weighted by atomic mass is 10.3. The van der Waals surface area contributed by atoms with Crippen LogP contribution in [0.1, 0.15) is 11.4 Å². The molecular formula is C9H9BrN4. The van der Waals surface area contributed by atoms with Crippen LogP contribution in [0.5, 0.6) is 0 Å². The second kappa shape index (κ2) is 3.49. The second-order valence-electron chi connectivity index (χ2n) is 3.00. The van der Waals surface area contributed by atoms with Crippen LogP contribution >= 0.6 is 15.9 Å². The van der Waals surface area contributed by atoms with Crippen LogP contribution in [0.25, 0.3) is 5.82 Å². The standard InChI is InChI=1S/C9H9BrN4/c1-6-7(2)13-9(4-11-6)14-5-8(10)3-12-14/h3-5H,1-2H3. The van der Waals surface area contributed by atoms with Crippen molar-refractivity contribution in [3.05, 3.63) is 34.5 Å². The molecule has 0 N–H and O–H groups in total. The molecule has 2 heterocycles. The molecule has 0 spiro atoms. The van der Waals surface area contributed by atoms with E-state index in [-0.39, 0.29) is 0 Å². The van der Waals surface area contributed by atoms with Crippen LogP contribution in [-0.2, 0) is 0 Å². The molecule has 4 nitrogen and oxygen atoms in total. The minimum atomic E-state index is 0.735. The average Bonchev–Trinajstić information content (AvgIpc) is 2.57. The number of aromatic nitrogens is 4. The summed E-state index contributed by atoms with van der Waals surface area (Å²) >= 11 is 3.33. The van der Waals surface area contributed by atoms with E-state index in [1.54, 1.807) is 17.1 Å². The molecule has 0 saturated heterocycles. The zero-order valence-corrected chi connectivity index (χ0v) is 9.48. The van der Waals surface area contributed by atoms with Crippen LogP contribution < -0.4 is 0 Å². The summed E-state index contributed by atoms with van der Waals surface area (Å²) in [5.41, 5.74) is 1.87. The van der Waals surface area contributed by atoms with Gasteiger partial charge in [0.15, 0.2) is 5.82 Å². The van der Waals surface area contributed by atoms with Gasteiger partial charge in [-0.2, -0.15) is 5.10 Å². The van der Waals surface area contributed by atoms with E-state index in [1.165, 1.54) is 0 Å². The van der Waals surface area contributed by atoms with Gasteiger partial charge >= 0.3 is 0 Å². The van der Waals surface area contributed by atoms with Gasteiger partial charge in [-0.25, -0.2) is 9.67 Å². The van der Waals surface area contributed by atoms with E-state index in [2.05, 4.69) is 31.0 Å². The van der Waals surface area contributed by atoms with Gasteiger partial charge in [0, 0.05) is 6.20 Å². The molecule has 72 valence electrons. The molecule has 0 radical (unpaired) electrons. The summed E-state index contributed by atoms with van der Waals surface area (Å²) in [7, 11) is 0. The van der Waals surface area contributed by atoms with Gasteiger partial charge in [-0.15, -0.1) is 0 Å². The Labute approximate surface area is 90.1 Å². The summed E-state index contributed by atoms with van der Waals surface area (Å²) in [4.78, 5) is 8.60. The van der Waals surface area contributed by atoms with E-state index in [9.17, 15) is 0 Å². The van der Waals surface area contributed by atoms with Gasteiger partial charge in [-0.05, 0) is 29.8 Å². The Balaban J connectivity index is 2.47. The molecule has 0 fully saturated rings. The molecule has 0 atom stereocenters. The van der Waals surface area contributed by atoms with E-state index >= 15 is 0 Å². The van der Waals surface area contributed by atoms with Gasteiger partial charge < -0.3 is 0 Å². The van der Waals surface area contributed by atoms with Crippen LogP contribution in [0.4, 0.5) is 0 Å². The summed E-state index contributed by atoms with van der Waals surface area (Å²) in [6, 6.07) is 0. The van der Waals surface area contributed by atoms with Crippen LogP contribution in [0, 0.1) is 13.8 Å². The smallest absolute Gasteiger partial charge is 0.172 e. The zero-order chi connectivity index (χ0) is 10.1. The van der Waals surface area contributed by atoms with Crippen LogP contribution in [0.2, 0.25) is 0 Å². The van der Waals surface area contributed by atoms with Crippen molar-refractivity contribution in [3.63, 3.8) is 0 Å². The molecule has 0 aliphatic rings. The summed E-state index contributed by atoms with van der Waals surface area (Å²) in [6.07, 6.45) is 5.28. The van der Waals surface area contributed by atoms with E-state index in [4.69, 9.17) is 0 Å². The molecule has 0 saturated carbocycles. The summed E-state index contributed by atoms with van der Waals surface area (Å²) in [5.74, 6) is 0.735. The fourth-order valence-electron chi connectivity index (χ4n) is 1.07. The molecule has 0 aliphatic carbocycles. The third-order valence-corrected chi connectivity index (χ3v) is 2.37. The minimum absolute atomic E-state index is 0.735. The largest absolute Gasteiger partial charge is 0.256 e. The molecular weight excluding hydrogens is 244 g/mol. The highest BCUT2D eigenvalue weighted by atomic mass is 79.9. The van der Waals surface area contributed by atoms with Crippen molar-refractivity contribution in [2.24, 2.45) is 0 Å². The van der Waals surface area contributed by atoms with Crippen molar-refractivity contribution in [3.8, 4) is 5.82 Å². The maximum atomic E-state index is 4.37. The highest BCUT2D eigenvalue weighted by Gasteiger charge is 2.02. The molecule has 0 aliphatic heterocycles. The van der Waals surface area contributed by atoms with Crippen LogP contribution in [-0.4, -0.2) is 19.7 Å². The Bertz CT molecular complexity index is 464. The third-order valence-electron chi connectivity index (χ3n) is 1.97. The number of halogens is 1. The predicted molar refractivity (Wildman–Crippen MR) is 56.3 cm³/mol. The fraction of sp³-hybridized carbons (Fsp3) is 0.222. The van der Waals surface area contributed by atoms with Crippen molar-refractivity contribution in [1.29, 1.82) is 0 Å². The molecule has 5 heteroatoms. The van der Waals surface area contributed by atoms with Crippen molar-refractivity contribution in [2.45, 2.75) is 13.8 Å². The first-order chi connectivity index (χ1) is 6.66. The quantitative estimate of drug-likeness (QED) is 0.781. The fourth-order valence-corrected chi connectivity index (χ4v) is 1.35. The molecule has 0 aromatic carbocycles. The van der Waals surface area contributed by atoms with Crippen molar-refractivity contribution >= 4 is 15.9 Å². The van der Waals surface area contributed by atoms with Gasteiger partial charge in [0.2, 0.25) is 0 Å². The van der Waals surface area contributed by atoms with Gasteiger partial charge in [0.25, 0.3) is 0 Å². The molecule has 0 amide bonds. The Morgan fingerprint density at radius 3 is 2.57 bits per heavy atom. The minimum Gasteiger partial charge on any atom is -0.256 e. The number of hydrogen-bond acceptors (Lipinski definition) is 3. The molecule has 2 aromatic rings. The Kier molecular flexibility index (Phi) is 2.33. The number of rotatable bonds is 1. The second-order valence-corrected chi connectivity index (χ2v) is 3.92. The lowest BCUT2D eigenvalue weighted by Crippen LogP contribution is -2.01. The van der Waals surface area contributed by atoms with Gasteiger partial charge in [0.1, 0.15) is 0 Å². The highest BCUT2D eigenvalue weighted by Crippen LogP contribution is 2.11. The normalized spacial score (nSPS) is 10.5. The maximum Gasteiger partial charge on any atom is 0.172 e. The van der Waals surface area contributed by atoms with Gasteiger partial charge in [-0.1, -0.05) is 0 Å². The van der Waals surface area contributed by atoms with Crippen molar-refractivity contribution in [2.75, 3.05) is 0 Å². The monoisotopic (exact) mass is 252 g/mol. The van der Waals surface area contributed by atoms with Crippen LogP contribution in [0.3, 0.4) is 0 Å². The summed E-state index contributed by atoms with van der Waals surface area (Å²) in [5, 5.41) is 4.12. The van der Waals surface area contributed by atoms with Crippen molar-refractivity contribution < 1.29 is 0 Å². The molecule has 0 unspecified atom stereocenters. The van der Waals surface area contributed by atoms with Gasteiger partial charge in [0.05, 0.1) is 28.3 Å². The number of hydrogen-bond donors (Lipinski definition) is 0. The molecule has 14 heavy (non-hydrogen) atoms. The van der Waals surface area contributed by atoms with E-state index in [1.807, 2.05) is 20.0 Å². The third kappa shape index (κ3) is 1.68. The summed E-state index contributed by atoms with van der Waals surface area (Å²) in [6.45, 7) is 3.87. The first-order valence-electron chi connectivity index (χ1n) is 4.17. The Hall–Kier alpha value is -1.23. The zero-order valence-electron chi connectivity index (χ0n) is 7.90. The molecule has 2 rings (SSSR count). The summed E-state index contributed by atoms with van der Waals surface area (Å²) < 4.78 is 2.61. The number of nitrogens with zero attached hydrogens (tertiary/aromatic N) is 4. The van der Waals surface area contributed by atoms with E-state index < -0.39 is 0 Å². The Morgan fingerprint density at radius 1 is 1.21 bits per heavy atom. The maximum absolute atomic E-state index is 4.37. The van der Waals surface area contributed by atoms with Crippen LogP contribution in [0.15, 0.2) is 23.1 Å². The first-order valence-corrected chi connectivity index (χ1v) is 4.97. The van der Waals surface area contributed by atoms with Crippen molar-refractivity contribution in [1.82, 2.24) is 19.7 Å². The Morgan fingerprint density at radius 2 is 2.00 bits per heavy atom. The predicted octanol–water partition coefficient (Wildman–Crippen LogP) is 2.04. The number of aryl methyl sites for hydroxylation is 2. The first kappa shape index (κ1) is 9.33. The van der Waals surface area contributed by atoms with Gasteiger partial charge in [-0.3, -0.25) is 4.98 Å².